The summed E-state index contributed by atoms with van der Waals surface area (Å²) in [6.45, 7) is 6.09. The molecular formula is C23H27N3O2. The molecule has 2 bridgehead atoms. The van der Waals surface area contributed by atoms with Gasteiger partial charge in [0.25, 0.3) is 5.91 Å². The molecule has 2 aromatic carbocycles. The van der Waals surface area contributed by atoms with Gasteiger partial charge in [0.2, 0.25) is 0 Å². The molecule has 28 heavy (non-hydrogen) atoms. The molecule has 0 unspecified atom stereocenters. The van der Waals surface area contributed by atoms with Crippen molar-refractivity contribution in [3.8, 4) is 0 Å². The zero-order valence-electron chi connectivity index (χ0n) is 16.5. The lowest BCUT2D eigenvalue weighted by Gasteiger charge is -2.36. The molecule has 3 aliphatic rings. The molecule has 146 valence electrons. The number of hydrogen-bond acceptors (Lipinski definition) is 2. The molecule has 3 saturated heterocycles. The molecule has 0 spiro atoms. The van der Waals surface area contributed by atoms with Crippen LogP contribution in [-0.2, 0) is 0 Å². The zero-order chi connectivity index (χ0) is 19.7. The number of fused-ring (bicyclic) bond motifs is 4. The number of nitrogens with one attached hydrogen (secondary N) is 1. The van der Waals surface area contributed by atoms with Crippen LogP contribution in [-0.4, -0.2) is 47.4 Å². The summed E-state index contributed by atoms with van der Waals surface area (Å²) < 4.78 is 0. The van der Waals surface area contributed by atoms with Crippen molar-refractivity contribution < 1.29 is 9.59 Å². The lowest BCUT2D eigenvalue weighted by molar-refractivity contribution is 0.0743. The highest BCUT2D eigenvalue weighted by Gasteiger charge is 2.38. The average molecular weight is 377 g/mol. The van der Waals surface area contributed by atoms with E-state index < -0.39 is 0 Å². The Kier molecular flexibility index (Phi) is 5.07. The Morgan fingerprint density at radius 1 is 0.929 bits per heavy atom. The van der Waals surface area contributed by atoms with Gasteiger partial charge < -0.3 is 15.1 Å². The Balaban J connectivity index is 1.48. The van der Waals surface area contributed by atoms with Gasteiger partial charge in [-0.15, -0.1) is 0 Å². The van der Waals surface area contributed by atoms with Crippen molar-refractivity contribution in [1.82, 2.24) is 9.80 Å². The Morgan fingerprint density at radius 3 is 2.36 bits per heavy atom. The summed E-state index contributed by atoms with van der Waals surface area (Å²) in [5.41, 5.74) is 3.81. The molecule has 3 heterocycles. The first kappa shape index (κ1) is 18.5. The third-order valence-corrected chi connectivity index (χ3v) is 5.76. The first-order valence-corrected chi connectivity index (χ1v) is 10.00. The number of anilines is 1. The molecule has 0 aliphatic carbocycles. The molecule has 5 heteroatoms. The molecule has 5 rings (SSSR count). The van der Waals surface area contributed by atoms with Crippen molar-refractivity contribution in [3.05, 3.63) is 65.2 Å². The highest BCUT2D eigenvalue weighted by molar-refractivity contribution is 5.94. The van der Waals surface area contributed by atoms with E-state index in [1.807, 2.05) is 66.1 Å². The number of carbonyl (C=O) groups excluding carboxylic acids is 2. The van der Waals surface area contributed by atoms with Crippen LogP contribution in [0.2, 0.25) is 0 Å². The second-order valence-corrected chi connectivity index (χ2v) is 8.13. The standard InChI is InChI=1S/C23H27N3O2/c1-16-10-17(2)12-20(11-16)24-23(28)26-14-18-8-9-21(26)15-25(13-18)22(27)19-6-4-3-5-7-19/h3-7,10-12,18,21H,8-9,13-15H2,1-2H3,(H,24,28)/t18-,21+/m0/s1. The van der Waals surface area contributed by atoms with Crippen LogP contribution in [0.4, 0.5) is 10.5 Å². The van der Waals surface area contributed by atoms with E-state index in [0.717, 1.165) is 41.8 Å². The summed E-state index contributed by atoms with van der Waals surface area (Å²) in [7, 11) is 0. The van der Waals surface area contributed by atoms with Gasteiger partial charge in [-0.3, -0.25) is 4.79 Å². The number of piperidine rings is 1. The van der Waals surface area contributed by atoms with Crippen LogP contribution in [0, 0.1) is 19.8 Å². The molecule has 0 radical (unpaired) electrons. The number of urea groups is 1. The van der Waals surface area contributed by atoms with Crippen molar-refractivity contribution in [2.45, 2.75) is 32.7 Å². The van der Waals surface area contributed by atoms with E-state index >= 15 is 0 Å². The highest BCUT2D eigenvalue weighted by Crippen LogP contribution is 2.29. The molecule has 0 aromatic heterocycles. The SMILES string of the molecule is Cc1cc(C)cc(NC(=O)N2C[C@H]3CC[C@@H]2CN(C(=O)c2ccccc2)C3)c1. The maximum Gasteiger partial charge on any atom is 0.322 e. The van der Waals surface area contributed by atoms with Crippen molar-refractivity contribution in [2.75, 3.05) is 25.0 Å². The van der Waals surface area contributed by atoms with Crippen molar-refractivity contribution in [3.63, 3.8) is 0 Å². The summed E-state index contributed by atoms with van der Waals surface area (Å²) >= 11 is 0. The number of benzene rings is 2. The molecule has 3 aliphatic heterocycles. The van der Waals surface area contributed by atoms with Crippen LogP contribution in [0.25, 0.3) is 0 Å². The average Bonchev–Trinajstić information content (AvgIpc) is 2.99. The molecular weight excluding hydrogens is 350 g/mol. The Bertz CT molecular complexity index is 860. The number of nitrogens with zero attached hydrogens (tertiary/aromatic N) is 2. The van der Waals surface area contributed by atoms with Gasteiger partial charge in [0, 0.05) is 30.9 Å². The van der Waals surface area contributed by atoms with Gasteiger partial charge in [-0.2, -0.15) is 0 Å². The van der Waals surface area contributed by atoms with Gasteiger partial charge in [0.15, 0.2) is 0 Å². The summed E-state index contributed by atoms with van der Waals surface area (Å²) in [6.07, 6.45) is 2.01. The summed E-state index contributed by atoms with van der Waals surface area (Å²) in [5, 5.41) is 3.07. The molecule has 3 fully saturated rings. The summed E-state index contributed by atoms with van der Waals surface area (Å²) in [6, 6.07) is 15.5. The first-order valence-electron chi connectivity index (χ1n) is 10.00. The number of aryl methyl sites for hydroxylation is 2. The maximum atomic E-state index is 13.0. The maximum absolute atomic E-state index is 13.0. The Labute approximate surface area is 166 Å². The van der Waals surface area contributed by atoms with E-state index in [4.69, 9.17) is 0 Å². The fourth-order valence-electron chi connectivity index (χ4n) is 4.50. The van der Waals surface area contributed by atoms with Gasteiger partial charge in [0.1, 0.15) is 0 Å². The molecule has 2 atom stereocenters. The third-order valence-electron chi connectivity index (χ3n) is 5.76. The summed E-state index contributed by atoms with van der Waals surface area (Å²) in [5.74, 6) is 0.394. The smallest absolute Gasteiger partial charge is 0.322 e. The van der Waals surface area contributed by atoms with Crippen molar-refractivity contribution in [1.29, 1.82) is 0 Å². The lowest BCUT2D eigenvalue weighted by Crippen LogP contribution is -2.49. The van der Waals surface area contributed by atoms with Gasteiger partial charge in [-0.25, -0.2) is 4.79 Å². The zero-order valence-corrected chi connectivity index (χ0v) is 16.5. The molecule has 5 nitrogen and oxygen atoms in total. The quantitative estimate of drug-likeness (QED) is 0.858. The normalized spacial score (nSPS) is 21.4. The van der Waals surface area contributed by atoms with E-state index in [1.165, 1.54) is 0 Å². The molecule has 0 saturated carbocycles. The van der Waals surface area contributed by atoms with Gasteiger partial charge >= 0.3 is 6.03 Å². The predicted octanol–water partition coefficient (Wildman–Crippen LogP) is 4.07. The monoisotopic (exact) mass is 377 g/mol. The van der Waals surface area contributed by atoms with E-state index in [9.17, 15) is 9.59 Å². The second-order valence-electron chi connectivity index (χ2n) is 8.13. The van der Waals surface area contributed by atoms with Crippen LogP contribution >= 0.6 is 0 Å². The van der Waals surface area contributed by atoms with Gasteiger partial charge in [-0.1, -0.05) is 24.3 Å². The predicted molar refractivity (Wildman–Crippen MR) is 110 cm³/mol. The van der Waals surface area contributed by atoms with Gasteiger partial charge in [-0.05, 0) is 68.0 Å². The fraction of sp³-hybridized carbons (Fsp3) is 0.391. The third kappa shape index (κ3) is 3.88. The molecule has 1 N–H and O–H groups in total. The molecule has 2 aromatic rings. The number of hydrogen-bond donors (Lipinski definition) is 1. The van der Waals surface area contributed by atoms with Crippen LogP contribution in [0.15, 0.2) is 48.5 Å². The van der Waals surface area contributed by atoms with Crippen LogP contribution in [0.3, 0.4) is 0 Å². The Hall–Kier alpha value is -2.82. The van der Waals surface area contributed by atoms with E-state index in [1.54, 1.807) is 0 Å². The van der Waals surface area contributed by atoms with Crippen LogP contribution in [0.1, 0.15) is 34.3 Å². The van der Waals surface area contributed by atoms with Gasteiger partial charge in [0.05, 0.1) is 6.04 Å². The van der Waals surface area contributed by atoms with E-state index in [0.29, 0.717) is 19.0 Å². The van der Waals surface area contributed by atoms with Crippen LogP contribution in [0.5, 0.6) is 0 Å². The van der Waals surface area contributed by atoms with Crippen molar-refractivity contribution in [2.24, 2.45) is 5.92 Å². The minimum atomic E-state index is -0.0614. The second kappa shape index (κ2) is 7.66. The number of rotatable bonds is 2. The minimum Gasteiger partial charge on any atom is -0.336 e. The minimum absolute atomic E-state index is 0.0614. The topological polar surface area (TPSA) is 52.7 Å². The number of amides is 3. The van der Waals surface area contributed by atoms with E-state index in [2.05, 4.69) is 11.4 Å². The molecule has 3 amide bonds. The number of carbonyl (C=O) groups is 2. The van der Waals surface area contributed by atoms with Crippen LogP contribution < -0.4 is 5.32 Å². The Morgan fingerprint density at radius 2 is 1.64 bits per heavy atom. The van der Waals surface area contributed by atoms with Crippen molar-refractivity contribution >= 4 is 17.6 Å². The largest absolute Gasteiger partial charge is 0.336 e. The first-order chi connectivity index (χ1) is 13.5. The summed E-state index contributed by atoms with van der Waals surface area (Å²) in [4.78, 5) is 29.8. The lowest BCUT2D eigenvalue weighted by atomic mass is 9.95. The fourth-order valence-corrected chi connectivity index (χ4v) is 4.50. The van der Waals surface area contributed by atoms with E-state index in [-0.39, 0.29) is 18.0 Å². The highest BCUT2D eigenvalue weighted by atomic mass is 16.2.